The summed E-state index contributed by atoms with van der Waals surface area (Å²) in [5.41, 5.74) is 0.837. The van der Waals surface area contributed by atoms with Crippen LogP contribution in [0.3, 0.4) is 0 Å². The number of aliphatic hydroxyl groups is 1. The molecule has 2 aliphatic rings. The van der Waals surface area contributed by atoms with Crippen molar-refractivity contribution >= 4 is 0 Å². The third-order valence-corrected chi connectivity index (χ3v) is 4.67. The molecule has 0 spiro atoms. The van der Waals surface area contributed by atoms with Crippen molar-refractivity contribution in [1.82, 2.24) is 9.55 Å². The smallest absolute Gasteiger partial charge is 0.171 e. The lowest BCUT2D eigenvalue weighted by atomic mass is 10.1. The zero-order chi connectivity index (χ0) is 16.7. The lowest BCUT2D eigenvalue weighted by Crippen LogP contribution is -2.30. The van der Waals surface area contributed by atoms with E-state index in [0.717, 1.165) is 11.4 Å². The molecule has 4 rings (SSSR count). The van der Waals surface area contributed by atoms with Crippen molar-refractivity contribution in [1.29, 1.82) is 0 Å². The minimum atomic E-state index is -0.571. The predicted octanol–water partition coefficient (Wildman–Crippen LogP) is 1.27. The van der Waals surface area contributed by atoms with Gasteiger partial charge in [-0.25, -0.2) is 4.98 Å². The van der Waals surface area contributed by atoms with Gasteiger partial charge in [0, 0.05) is 12.4 Å². The Morgan fingerprint density at radius 2 is 2.00 bits per heavy atom. The predicted molar refractivity (Wildman–Crippen MR) is 85.3 cm³/mol. The van der Waals surface area contributed by atoms with Crippen LogP contribution >= 0.6 is 0 Å². The molecule has 0 amide bonds. The Morgan fingerprint density at radius 3 is 2.79 bits per heavy atom. The van der Waals surface area contributed by atoms with Gasteiger partial charge in [-0.2, -0.15) is 0 Å². The van der Waals surface area contributed by atoms with Crippen LogP contribution < -0.4 is 9.47 Å². The van der Waals surface area contributed by atoms with Crippen molar-refractivity contribution in [3.8, 4) is 22.9 Å². The molecule has 4 atom stereocenters. The number of rotatable bonds is 4. The van der Waals surface area contributed by atoms with E-state index in [1.807, 2.05) is 29.0 Å². The van der Waals surface area contributed by atoms with E-state index in [-0.39, 0.29) is 18.2 Å². The molecular formula is C17H20N2O5. The lowest BCUT2D eigenvalue weighted by Gasteiger charge is -2.21. The molecule has 0 aliphatic carbocycles. The molecule has 0 bridgehead atoms. The molecular weight excluding hydrogens is 312 g/mol. The third kappa shape index (κ3) is 2.28. The van der Waals surface area contributed by atoms with Gasteiger partial charge in [-0.1, -0.05) is 6.07 Å². The van der Waals surface area contributed by atoms with E-state index < -0.39 is 6.10 Å². The van der Waals surface area contributed by atoms with Crippen molar-refractivity contribution in [3.63, 3.8) is 0 Å². The standard InChI is InChI=1S/C17H20N2O5/c1-21-13-5-3-4-10(14(13)22-2)17-18-6-7-19(17)11-8-23-16-12(20)9-24-15(11)16/h3-7,11-12,15-16,20H,8-9H2,1-2H3/t11-,12+,15+,16+/m0/s1. The van der Waals surface area contributed by atoms with Gasteiger partial charge in [-0.05, 0) is 12.1 Å². The van der Waals surface area contributed by atoms with Crippen LogP contribution in [0.4, 0.5) is 0 Å². The molecule has 128 valence electrons. The van der Waals surface area contributed by atoms with Crippen LogP contribution in [0.5, 0.6) is 11.5 Å². The van der Waals surface area contributed by atoms with Crippen LogP contribution in [-0.2, 0) is 9.47 Å². The second-order valence-electron chi connectivity index (χ2n) is 5.93. The van der Waals surface area contributed by atoms with Crippen LogP contribution in [0.15, 0.2) is 30.6 Å². The number of hydrogen-bond donors (Lipinski definition) is 1. The Kier molecular flexibility index (Phi) is 3.91. The normalized spacial score (nSPS) is 28.8. The number of methoxy groups -OCH3 is 2. The van der Waals surface area contributed by atoms with Gasteiger partial charge in [-0.15, -0.1) is 0 Å². The van der Waals surface area contributed by atoms with Crippen LogP contribution in [0, 0.1) is 0 Å². The van der Waals surface area contributed by atoms with Gasteiger partial charge < -0.3 is 28.6 Å². The summed E-state index contributed by atoms with van der Waals surface area (Å²) in [6.45, 7) is 0.778. The van der Waals surface area contributed by atoms with Crippen molar-refractivity contribution in [2.45, 2.75) is 24.4 Å². The Bertz CT molecular complexity index is 732. The molecule has 1 N–H and O–H groups in total. The fourth-order valence-corrected chi connectivity index (χ4v) is 3.55. The maximum Gasteiger partial charge on any atom is 0.171 e. The zero-order valence-electron chi connectivity index (χ0n) is 13.6. The number of imidazole rings is 1. The van der Waals surface area contributed by atoms with Gasteiger partial charge in [0.25, 0.3) is 0 Å². The maximum atomic E-state index is 9.94. The Morgan fingerprint density at radius 1 is 1.17 bits per heavy atom. The summed E-state index contributed by atoms with van der Waals surface area (Å²) in [7, 11) is 3.22. The van der Waals surface area contributed by atoms with Crippen molar-refractivity contribution < 1.29 is 24.1 Å². The molecule has 2 aromatic rings. The fraction of sp³-hybridized carbons (Fsp3) is 0.471. The van der Waals surface area contributed by atoms with Crippen molar-refractivity contribution in [2.24, 2.45) is 0 Å². The molecule has 7 heteroatoms. The number of para-hydroxylation sites is 1. The van der Waals surface area contributed by atoms with Crippen LogP contribution in [0.2, 0.25) is 0 Å². The Labute approximate surface area is 139 Å². The molecule has 2 saturated heterocycles. The van der Waals surface area contributed by atoms with E-state index in [0.29, 0.717) is 24.7 Å². The molecule has 24 heavy (non-hydrogen) atoms. The third-order valence-electron chi connectivity index (χ3n) is 4.67. The Balaban J connectivity index is 1.74. The SMILES string of the molecule is COc1cccc(-c2nccn2[C@H]2CO[C@H]3[C@@H]2OC[C@H]3O)c1OC. The molecule has 0 unspecified atom stereocenters. The number of benzene rings is 1. The summed E-state index contributed by atoms with van der Waals surface area (Å²) in [4.78, 5) is 4.50. The lowest BCUT2D eigenvalue weighted by molar-refractivity contribution is 0.0172. The van der Waals surface area contributed by atoms with Gasteiger partial charge in [0.1, 0.15) is 24.1 Å². The molecule has 2 fully saturated rings. The van der Waals surface area contributed by atoms with Crippen molar-refractivity contribution in [3.05, 3.63) is 30.6 Å². The highest BCUT2D eigenvalue weighted by molar-refractivity contribution is 5.69. The molecule has 1 aromatic heterocycles. The van der Waals surface area contributed by atoms with E-state index in [4.69, 9.17) is 18.9 Å². The molecule has 0 radical (unpaired) electrons. The van der Waals surface area contributed by atoms with Crippen molar-refractivity contribution in [2.75, 3.05) is 27.4 Å². The van der Waals surface area contributed by atoms with Crippen LogP contribution in [-0.4, -0.2) is 60.4 Å². The quantitative estimate of drug-likeness (QED) is 0.909. The summed E-state index contributed by atoms with van der Waals surface area (Å²) in [5, 5.41) is 9.94. The molecule has 7 nitrogen and oxygen atoms in total. The highest BCUT2D eigenvalue weighted by atomic mass is 16.6. The fourth-order valence-electron chi connectivity index (χ4n) is 3.55. The van der Waals surface area contributed by atoms with Crippen LogP contribution in [0.1, 0.15) is 6.04 Å². The second kappa shape index (κ2) is 6.08. The van der Waals surface area contributed by atoms with Gasteiger partial charge in [0.2, 0.25) is 0 Å². The van der Waals surface area contributed by atoms with Gasteiger partial charge in [0.05, 0.1) is 39.0 Å². The Hall–Kier alpha value is -2.09. The first-order chi connectivity index (χ1) is 11.7. The van der Waals surface area contributed by atoms with Gasteiger partial charge in [-0.3, -0.25) is 0 Å². The average Bonchev–Trinajstić information content (AvgIpc) is 3.31. The number of aromatic nitrogens is 2. The minimum Gasteiger partial charge on any atom is -0.493 e. The maximum absolute atomic E-state index is 9.94. The number of aliphatic hydroxyl groups excluding tert-OH is 1. The highest BCUT2D eigenvalue weighted by Crippen LogP contribution is 2.40. The van der Waals surface area contributed by atoms with Gasteiger partial charge >= 0.3 is 0 Å². The summed E-state index contributed by atoms with van der Waals surface area (Å²) in [6.07, 6.45) is 2.62. The van der Waals surface area contributed by atoms with E-state index in [9.17, 15) is 5.11 Å². The number of fused-ring (bicyclic) bond motifs is 1. The van der Waals surface area contributed by atoms with E-state index in [1.165, 1.54) is 0 Å². The minimum absolute atomic E-state index is 0.0412. The van der Waals surface area contributed by atoms with E-state index >= 15 is 0 Å². The number of ether oxygens (including phenoxy) is 4. The topological polar surface area (TPSA) is 75.0 Å². The summed E-state index contributed by atoms with van der Waals surface area (Å²) in [6, 6.07) is 5.65. The first kappa shape index (κ1) is 15.4. The first-order valence-corrected chi connectivity index (χ1v) is 7.90. The van der Waals surface area contributed by atoms with Gasteiger partial charge in [0.15, 0.2) is 11.5 Å². The monoisotopic (exact) mass is 332 g/mol. The second-order valence-corrected chi connectivity index (χ2v) is 5.93. The summed E-state index contributed by atoms with van der Waals surface area (Å²) >= 11 is 0. The number of nitrogens with zero attached hydrogens (tertiary/aromatic N) is 2. The number of hydrogen-bond acceptors (Lipinski definition) is 6. The molecule has 1 aromatic carbocycles. The highest BCUT2D eigenvalue weighted by Gasteiger charge is 2.48. The van der Waals surface area contributed by atoms with E-state index in [1.54, 1.807) is 20.4 Å². The summed E-state index contributed by atoms with van der Waals surface area (Å²) < 4.78 is 24.4. The van der Waals surface area contributed by atoms with E-state index in [2.05, 4.69) is 4.98 Å². The molecule has 0 saturated carbocycles. The van der Waals surface area contributed by atoms with Crippen LogP contribution in [0.25, 0.3) is 11.4 Å². The summed E-state index contributed by atoms with van der Waals surface area (Å²) in [5.74, 6) is 2.04. The zero-order valence-corrected chi connectivity index (χ0v) is 13.6. The first-order valence-electron chi connectivity index (χ1n) is 7.90. The molecule has 2 aliphatic heterocycles. The largest absolute Gasteiger partial charge is 0.493 e. The molecule has 3 heterocycles. The average molecular weight is 332 g/mol.